The van der Waals surface area contributed by atoms with Crippen molar-refractivity contribution in [1.82, 2.24) is 0 Å². The first-order valence-electron chi connectivity index (χ1n) is 8.07. The lowest BCUT2D eigenvalue weighted by Gasteiger charge is -2.07. The summed E-state index contributed by atoms with van der Waals surface area (Å²) in [5, 5.41) is 25.1. The predicted octanol–water partition coefficient (Wildman–Crippen LogP) is 4.15. The summed E-state index contributed by atoms with van der Waals surface area (Å²) in [6.45, 7) is 2.23. The molecule has 0 aliphatic rings. The van der Waals surface area contributed by atoms with Crippen LogP contribution in [-0.4, -0.2) is 28.0 Å². The van der Waals surface area contributed by atoms with E-state index in [9.17, 15) is 4.79 Å². The van der Waals surface area contributed by atoms with Crippen molar-refractivity contribution in [3.8, 4) is 0 Å². The minimum atomic E-state index is -1.61. The van der Waals surface area contributed by atoms with E-state index in [2.05, 4.69) is 6.92 Å². The molecule has 0 amide bonds. The van der Waals surface area contributed by atoms with Crippen molar-refractivity contribution in [2.24, 2.45) is 0 Å². The summed E-state index contributed by atoms with van der Waals surface area (Å²) < 4.78 is 0. The molecule has 0 aliphatic carbocycles. The zero-order chi connectivity index (χ0) is 15.2. The zero-order valence-electron chi connectivity index (χ0n) is 12.9. The van der Waals surface area contributed by atoms with Gasteiger partial charge < -0.3 is 15.6 Å². The average molecular weight is 285 g/mol. The lowest BCUT2D eigenvalue weighted by molar-refractivity contribution is -0.143. The smallest absolute Gasteiger partial charge is 0.338 e. The summed E-state index contributed by atoms with van der Waals surface area (Å²) in [4.78, 5) is 10.5. The van der Waals surface area contributed by atoms with Crippen LogP contribution in [0.15, 0.2) is 0 Å². The van der Waals surface area contributed by atoms with Gasteiger partial charge in [-0.05, 0) is 12.8 Å². The Kier molecular flexibility index (Phi) is 12.5. The molecule has 4 heteroatoms. The second-order valence-corrected chi connectivity index (χ2v) is 5.55. The molecule has 0 saturated carbocycles. The highest BCUT2D eigenvalue weighted by Crippen LogP contribution is 2.12. The first-order valence-corrected chi connectivity index (χ1v) is 8.07. The summed E-state index contributed by atoms with van der Waals surface area (Å²) >= 11 is 0. The number of unbranched alkanes of at least 4 members (excludes halogenated alkanes) is 10. The van der Waals surface area contributed by atoms with Crippen LogP contribution in [-0.2, 0) is 4.79 Å². The molecule has 0 fully saturated rings. The number of aliphatic hydroxyl groups is 1. The van der Waals surface area contributed by atoms with Gasteiger partial charge in [0, 0.05) is 5.71 Å². The lowest BCUT2D eigenvalue weighted by atomic mass is 10.0. The van der Waals surface area contributed by atoms with E-state index in [4.69, 9.17) is 15.6 Å². The Morgan fingerprint density at radius 3 is 1.70 bits per heavy atom. The van der Waals surface area contributed by atoms with Crippen molar-refractivity contribution in [2.45, 2.75) is 90.1 Å². The summed E-state index contributed by atoms with van der Waals surface area (Å²) in [6.07, 6.45) is 12.3. The highest BCUT2D eigenvalue weighted by atomic mass is 16.4. The number of rotatable bonds is 14. The molecule has 4 nitrogen and oxygen atoms in total. The number of carboxylic acid groups (broad SMARTS) is 1. The second kappa shape index (κ2) is 13.1. The molecular formula is C16H31NO3. The first-order chi connectivity index (χ1) is 9.59. The van der Waals surface area contributed by atoms with E-state index in [-0.39, 0.29) is 5.71 Å². The van der Waals surface area contributed by atoms with Gasteiger partial charge in [0.2, 0.25) is 0 Å². The largest absolute Gasteiger partial charge is 0.479 e. The van der Waals surface area contributed by atoms with Gasteiger partial charge in [-0.1, -0.05) is 71.1 Å². The van der Waals surface area contributed by atoms with Gasteiger partial charge in [-0.15, -0.1) is 0 Å². The minimum Gasteiger partial charge on any atom is -0.479 e. The van der Waals surface area contributed by atoms with Crippen LogP contribution in [0.1, 0.15) is 84.0 Å². The summed E-state index contributed by atoms with van der Waals surface area (Å²) in [6, 6.07) is 0. The molecule has 0 saturated heterocycles. The number of aliphatic hydroxyl groups excluding tert-OH is 1. The maximum Gasteiger partial charge on any atom is 0.338 e. The second-order valence-electron chi connectivity index (χ2n) is 5.55. The van der Waals surface area contributed by atoms with Crippen LogP contribution < -0.4 is 0 Å². The molecule has 0 aromatic carbocycles. The number of hydrogen-bond acceptors (Lipinski definition) is 3. The van der Waals surface area contributed by atoms with Crippen LogP contribution in [0.4, 0.5) is 0 Å². The van der Waals surface area contributed by atoms with Crippen LogP contribution in [0, 0.1) is 5.41 Å². The van der Waals surface area contributed by atoms with Crippen molar-refractivity contribution in [2.75, 3.05) is 0 Å². The fourth-order valence-corrected chi connectivity index (χ4v) is 2.27. The van der Waals surface area contributed by atoms with E-state index < -0.39 is 12.1 Å². The SMILES string of the molecule is CCCCCCCCCCCCCC(=N)C(O)C(=O)O. The molecule has 0 aliphatic heterocycles. The Hall–Kier alpha value is -0.900. The molecule has 1 unspecified atom stereocenters. The number of nitrogens with one attached hydrogen (secondary N) is 1. The lowest BCUT2D eigenvalue weighted by Crippen LogP contribution is -2.28. The highest BCUT2D eigenvalue weighted by molar-refractivity contribution is 6.02. The Balaban J connectivity index is 3.24. The predicted molar refractivity (Wildman–Crippen MR) is 82.4 cm³/mol. The number of carbonyl (C=O) groups is 1. The quantitative estimate of drug-likeness (QED) is 0.331. The normalized spacial score (nSPS) is 12.3. The summed E-state index contributed by atoms with van der Waals surface area (Å²) in [7, 11) is 0. The molecule has 3 N–H and O–H groups in total. The minimum absolute atomic E-state index is 0.0755. The molecule has 0 aromatic rings. The van der Waals surface area contributed by atoms with E-state index in [1.165, 1.54) is 51.4 Å². The maximum absolute atomic E-state index is 10.5. The molecule has 118 valence electrons. The average Bonchev–Trinajstić information content (AvgIpc) is 2.43. The van der Waals surface area contributed by atoms with Gasteiger partial charge in [0.05, 0.1) is 0 Å². The summed E-state index contributed by atoms with van der Waals surface area (Å²) in [5.74, 6) is -1.32. The van der Waals surface area contributed by atoms with Gasteiger partial charge in [-0.2, -0.15) is 0 Å². The van der Waals surface area contributed by atoms with Gasteiger partial charge in [-0.25, -0.2) is 4.79 Å². The zero-order valence-corrected chi connectivity index (χ0v) is 12.9. The number of aliphatic carboxylic acids is 1. The van der Waals surface area contributed by atoms with Gasteiger partial charge >= 0.3 is 5.97 Å². The number of carboxylic acids is 1. The number of hydrogen-bond donors (Lipinski definition) is 3. The Labute approximate surface area is 123 Å². The van der Waals surface area contributed by atoms with Crippen LogP contribution in [0.25, 0.3) is 0 Å². The van der Waals surface area contributed by atoms with Crippen molar-refractivity contribution < 1.29 is 15.0 Å². The van der Waals surface area contributed by atoms with Gasteiger partial charge in [-0.3, -0.25) is 0 Å². The molecule has 0 aromatic heterocycles. The fraction of sp³-hybridized carbons (Fsp3) is 0.875. The van der Waals surface area contributed by atoms with Crippen molar-refractivity contribution in [1.29, 1.82) is 5.41 Å². The van der Waals surface area contributed by atoms with Crippen LogP contribution in [0.5, 0.6) is 0 Å². The van der Waals surface area contributed by atoms with Crippen LogP contribution >= 0.6 is 0 Å². The van der Waals surface area contributed by atoms with E-state index in [0.29, 0.717) is 6.42 Å². The Morgan fingerprint density at radius 2 is 1.30 bits per heavy atom. The van der Waals surface area contributed by atoms with Crippen LogP contribution in [0.3, 0.4) is 0 Å². The van der Waals surface area contributed by atoms with E-state index >= 15 is 0 Å². The topological polar surface area (TPSA) is 81.4 Å². The van der Waals surface area contributed by atoms with E-state index in [1.54, 1.807) is 0 Å². The van der Waals surface area contributed by atoms with Gasteiger partial charge in [0.25, 0.3) is 0 Å². The molecule has 0 bridgehead atoms. The third-order valence-electron chi connectivity index (χ3n) is 3.61. The highest BCUT2D eigenvalue weighted by Gasteiger charge is 2.17. The monoisotopic (exact) mass is 285 g/mol. The van der Waals surface area contributed by atoms with Crippen molar-refractivity contribution >= 4 is 11.7 Å². The van der Waals surface area contributed by atoms with Crippen LogP contribution in [0.2, 0.25) is 0 Å². The molecular weight excluding hydrogens is 254 g/mol. The third-order valence-corrected chi connectivity index (χ3v) is 3.61. The molecule has 0 radical (unpaired) electrons. The van der Waals surface area contributed by atoms with Crippen molar-refractivity contribution in [3.63, 3.8) is 0 Å². The van der Waals surface area contributed by atoms with Gasteiger partial charge in [0.1, 0.15) is 0 Å². The third kappa shape index (κ3) is 11.0. The fourth-order valence-electron chi connectivity index (χ4n) is 2.27. The molecule has 0 rings (SSSR count). The Bertz CT molecular complexity index is 266. The molecule has 1 atom stereocenters. The molecule has 0 spiro atoms. The van der Waals surface area contributed by atoms with E-state index in [1.807, 2.05) is 0 Å². The Morgan fingerprint density at radius 1 is 0.900 bits per heavy atom. The maximum atomic E-state index is 10.5. The van der Waals surface area contributed by atoms with E-state index in [0.717, 1.165) is 19.3 Å². The first kappa shape index (κ1) is 19.1. The standard InChI is InChI=1S/C16H31NO3/c1-2-3-4-5-6-7-8-9-10-11-12-13-14(17)15(18)16(19)20/h15,17-18H,2-13H2,1H3,(H,19,20). The summed E-state index contributed by atoms with van der Waals surface area (Å²) in [5.41, 5.74) is -0.0755. The molecule has 20 heavy (non-hydrogen) atoms. The van der Waals surface area contributed by atoms with Crippen molar-refractivity contribution in [3.05, 3.63) is 0 Å². The van der Waals surface area contributed by atoms with Gasteiger partial charge in [0.15, 0.2) is 6.10 Å². The molecule has 0 heterocycles.